The van der Waals surface area contributed by atoms with Crippen LogP contribution in [0.25, 0.3) is 11.0 Å². The van der Waals surface area contributed by atoms with Gasteiger partial charge in [-0.3, -0.25) is 0 Å². The van der Waals surface area contributed by atoms with Crippen molar-refractivity contribution in [2.75, 3.05) is 5.32 Å². The van der Waals surface area contributed by atoms with Crippen LogP contribution in [0, 0.1) is 0 Å². The maximum atomic E-state index is 5.39. The number of rotatable bonds is 9. The molecule has 21 heavy (non-hydrogen) atoms. The van der Waals surface area contributed by atoms with Gasteiger partial charge in [0.1, 0.15) is 0 Å². The first-order valence-electron chi connectivity index (χ1n) is 8.04. The number of hydrogen-bond donors (Lipinski definition) is 2. The van der Waals surface area contributed by atoms with Gasteiger partial charge in [-0.05, 0) is 25.0 Å². The van der Waals surface area contributed by atoms with Gasteiger partial charge in [-0.1, -0.05) is 69.8 Å². The summed E-state index contributed by atoms with van der Waals surface area (Å²) < 4.78 is 0. The maximum absolute atomic E-state index is 5.39. The number of anilines is 1. The molecule has 0 aliphatic rings. The molecule has 0 unspecified atom stereocenters. The molecule has 1 aromatic carbocycles. The third-order valence-corrected chi connectivity index (χ3v) is 3.96. The molecule has 4 heteroatoms. The van der Waals surface area contributed by atoms with E-state index in [2.05, 4.69) is 22.2 Å². The standard InChI is InChI=1S/C17H25N3S/c1-2-3-4-5-6-7-8-13-16(21)20-17-18-14-11-9-10-12-15(14)19-17/h9-12H,2-8,13H2,1H3,(H2,18,19,20,21). The van der Waals surface area contributed by atoms with Gasteiger partial charge in [0.2, 0.25) is 5.95 Å². The second-order valence-electron chi connectivity index (χ2n) is 5.52. The zero-order chi connectivity index (χ0) is 14.9. The Morgan fingerprint density at radius 2 is 1.81 bits per heavy atom. The van der Waals surface area contributed by atoms with Crippen LogP contribution in [0.2, 0.25) is 0 Å². The van der Waals surface area contributed by atoms with Crippen molar-refractivity contribution in [3.8, 4) is 0 Å². The van der Waals surface area contributed by atoms with Crippen LogP contribution in [0.3, 0.4) is 0 Å². The Labute approximate surface area is 132 Å². The second-order valence-corrected chi connectivity index (χ2v) is 6.01. The molecule has 3 nitrogen and oxygen atoms in total. The molecule has 2 rings (SSSR count). The molecule has 1 heterocycles. The SMILES string of the molecule is CCCCCCCCCC(=S)Nc1nc2ccccc2[nH]1. The van der Waals surface area contributed by atoms with E-state index < -0.39 is 0 Å². The summed E-state index contributed by atoms with van der Waals surface area (Å²) in [6, 6.07) is 8.01. The van der Waals surface area contributed by atoms with E-state index in [4.69, 9.17) is 12.2 Å². The summed E-state index contributed by atoms with van der Waals surface area (Å²) in [7, 11) is 0. The normalized spacial score (nSPS) is 10.9. The Balaban J connectivity index is 1.65. The van der Waals surface area contributed by atoms with E-state index in [1.165, 1.54) is 38.5 Å². The van der Waals surface area contributed by atoms with Crippen molar-refractivity contribution in [3.63, 3.8) is 0 Å². The zero-order valence-corrected chi connectivity index (χ0v) is 13.6. The molecule has 0 saturated carbocycles. The monoisotopic (exact) mass is 303 g/mol. The minimum absolute atomic E-state index is 0.754. The zero-order valence-electron chi connectivity index (χ0n) is 12.8. The molecule has 0 atom stereocenters. The van der Waals surface area contributed by atoms with Crippen molar-refractivity contribution in [2.45, 2.75) is 58.3 Å². The lowest BCUT2D eigenvalue weighted by Crippen LogP contribution is -2.09. The number of nitrogens with one attached hydrogen (secondary N) is 2. The fourth-order valence-corrected chi connectivity index (χ4v) is 2.69. The largest absolute Gasteiger partial charge is 0.324 e. The lowest BCUT2D eigenvalue weighted by atomic mass is 10.1. The maximum Gasteiger partial charge on any atom is 0.206 e. The van der Waals surface area contributed by atoms with E-state index in [1.807, 2.05) is 24.3 Å². The van der Waals surface area contributed by atoms with Crippen LogP contribution < -0.4 is 5.32 Å². The Kier molecular flexibility index (Phi) is 6.67. The van der Waals surface area contributed by atoms with Crippen LogP contribution >= 0.6 is 12.2 Å². The summed E-state index contributed by atoms with van der Waals surface area (Å²) in [6.45, 7) is 2.25. The highest BCUT2D eigenvalue weighted by molar-refractivity contribution is 7.80. The highest BCUT2D eigenvalue weighted by atomic mass is 32.1. The number of thiocarbonyl (C=S) groups is 1. The predicted molar refractivity (Wildman–Crippen MR) is 94.9 cm³/mol. The van der Waals surface area contributed by atoms with Crippen molar-refractivity contribution in [3.05, 3.63) is 24.3 Å². The quantitative estimate of drug-likeness (QED) is 0.478. The molecule has 0 bridgehead atoms. The number of fused-ring (bicyclic) bond motifs is 1. The molecule has 0 radical (unpaired) electrons. The van der Waals surface area contributed by atoms with Crippen molar-refractivity contribution in [2.24, 2.45) is 0 Å². The van der Waals surface area contributed by atoms with Gasteiger partial charge in [0.25, 0.3) is 0 Å². The second kappa shape index (κ2) is 8.78. The lowest BCUT2D eigenvalue weighted by molar-refractivity contribution is 0.596. The van der Waals surface area contributed by atoms with Gasteiger partial charge in [-0.25, -0.2) is 4.98 Å². The van der Waals surface area contributed by atoms with Gasteiger partial charge >= 0.3 is 0 Å². The molecule has 2 N–H and O–H groups in total. The van der Waals surface area contributed by atoms with Crippen molar-refractivity contribution in [1.82, 2.24) is 9.97 Å². The number of imidazole rings is 1. The molecule has 1 aromatic heterocycles. The van der Waals surface area contributed by atoms with Crippen LogP contribution in [0.15, 0.2) is 24.3 Å². The molecule has 0 aliphatic heterocycles. The van der Waals surface area contributed by atoms with Gasteiger partial charge in [-0.15, -0.1) is 0 Å². The van der Waals surface area contributed by atoms with Crippen LogP contribution in [0.4, 0.5) is 5.95 Å². The van der Waals surface area contributed by atoms with Gasteiger partial charge in [0.05, 0.1) is 16.0 Å². The number of hydrogen-bond acceptors (Lipinski definition) is 2. The van der Waals surface area contributed by atoms with E-state index in [0.717, 1.165) is 34.8 Å². The average Bonchev–Trinajstić information content (AvgIpc) is 2.88. The van der Waals surface area contributed by atoms with Crippen molar-refractivity contribution in [1.29, 1.82) is 0 Å². The molecule has 0 aliphatic carbocycles. The van der Waals surface area contributed by atoms with E-state index in [-0.39, 0.29) is 0 Å². The molecule has 0 fully saturated rings. The molecule has 0 saturated heterocycles. The van der Waals surface area contributed by atoms with Gasteiger partial charge in [-0.2, -0.15) is 0 Å². The van der Waals surface area contributed by atoms with Gasteiger partial charge < -0.3 is 10.3 Å². The highest BCUT2D eigenvalue weighted by Crippen LogP contribution is 2.14. The summed E-state index contributed by atoms with van der Waals surface area (Å²) in [5.74, 6) is 0.754. The fraction of sp³-hybridized carbons (Fsp3) is 0.529. The number of aromatic amines is 1. The third kappa shape index (κ3) is 5.46. The topological polar surface area (TPSA) is 40.7 Å². The van der Waals surface area contributed by atoms with Gasteiger partial charge in [0.15, 0.2) is 0 Å². The smallest absolute Gasteiger partial charge is 0.206 e. The average molecular weight is 303 g/mol. The number of para-hydroxylation sites is 2. The Morgan fingerprint density at radius 3 is 2.57 bits per heavy atom. The summed E-state index contributed by atoms with van der Waals surface area (Å²) >= 11 is 5.39. The van der Waals surface area contributed by atoms with Crippen molar-refractivity contribution < 1.29 is 0 Å². The first kappa shape index (κ1) is 16.0. The van der Waals surface area contributed by atoms with Crippen LogP contribution in [-0.4, -0.2) is 15.0 Å². The van der Waals surface area contributed by atoms with E-state index in [1.54, 1.807) is 0 Å². The van der Waals surface area contributed by atoms with E-state index >= 15 is 0 Å². The number of benzene rings is 1. The first-order chi connectivity index (χ1) is 10.3. The van der Waals surface area contributed by atoms with Crippen molar-refractivity contribution >= 4 is 34.2 Å². The Morgan fingerprint density at radius 1 is 1.10 bits per heavy atom. The molecule has 0 spiro atoms. The summed E-state index contributed by atoms with van der Waals surface area (Å²) in [6.07, 6.45) is 10.1. The van der Waals surface area contributed by atoms with E-state index in [0.29, 0.717) is 0 Å². The van der Waals surface area contributed by atoms with Crippen LogP contribution in [-0.2, 0) is 0 Å². The number of unbranched alkanes of at least 4 members (excludes halogenated alkanes) is 6. The van der Waals surface area contributed by atoms with E-state index in [9.17, 15) is 0 Å². The minimum atomic E-state index is 0.754. The molecule has 114 valence electrons. The first-order valence-corrected chi connectivity index (χ1v) is 8.45. The minimum Gasteiger partial charge on any atom is -0.324 e. The fourth-order valence-electron chi connectivity index (χ4n) is 2.45. The van der Waals surface area contributed by atoms with Crippen LogP contribution in [0.5, 0.6) is 0 Å². The molecular formula is C17H25N3S. The number of H-pyrrole nitrogens is 1. The molecule has 2 aromatic rings. The Bertz CT molecular complexity index is 529. The Hall–Kier alpha value is -1.42. The lowest BCUT2D eigenvalue weighted by Gasteiger charge is -2.05. The number of aromatic nitrogens is 2. The summed E-state index contributed by atoms with van der Waals surface area (Å²) in [4.78, 5) is 8.60. The predicted octanol–water partition coefficient (Wildman–Crippen LogP) is 5.44. The van der Waals surface area contributed by atoms with Gasteiger partial charge in [0, 0.05) is 0 Å². The summed E-state index contributed by atoms with van der Waals surface area (Å²) in [5, 5.41) is 3.21. The molecule has 0 amide bonds. The third-order valence-electron chi connectivity index (χ3n) is 3.65. The molecular weight excluding hydrogens is 278 g/mol. The summed E-state index contributed by atoms with van der Waals surface area (Å²) in [5.41, 5.74) is 2.01. The highest BCUT2D eigenvalue weighted by Gasteiger charge is 2.03. The number of nitrogens with zero attached hydrogens (tertiary/aromatic N) is 1. The van der Waals surface area contributed by atoms with Crippen LogP contribution in [0.1, 0.15) is 58.3 Å².